The third-order valence-electron chi connectivity index (χ3n) is 4.17. The van der Waals surface area contributed by atoms with Gasteiger partial charge in [-0.3, -0.25) is 0 Å². The highest BCUT2D eigenvalue weighted by atomic mass is 35.5. The Morgan fingerprint density at radius 1 is 1.57 bits per heavy atom. The minimum Gasteiger partial charge on any atom is -0.378 e. The second-order valence-corrected chi connectivity index (χ2v) is 6.32. The van der Waals surface area contributed by atoms with E-state index in [1.54, 1.807) is 7.11 Å². The molecular weight excluding hydrogens is 290 g/mol. The molecule has 0 radical (unpaired) electrons. The lowest BCUT2D eigenvalue weighted by Crippen LogP contribution is -2.37. The summed E-state index contributed by atoms with van der Waals surface area (Å²) in [6.07, 6.45) is 2.67. The highest BCUT2D eigenvalue weighted by Gasteiger charge is 2.37. The van der Waals surface area contributed by atoms with Crippen molar-refractivity contribution in [2.24, 2.45) is 0 Å². The number of methoxy groups -OCH3 is 1. The molecule has 3 rings (SSSR count). The quantitative estimate of drug-likeness (QED) is 0.815. The fourth-order valence-corrected chi connectivity index (χ4v) is 3.01. The van der Waals surface area contributed by atoms with E-state index in [0.717, 1.165) is 35.6 Å². The number of pyridine rings is 1. The Bertz CT molecular complexity index is 648. The molecule has 1 saturated heterocycles. The van der Waals surface area contributed by atoms with Crippen molar-refractivity contribution in [2.45, 2.75) is 37.8 Å². The first-order valence-corrected chi connectivity index (χ1v) is 7.59. The summed E-state index contributed by atoms with van der Waals surface area (Å²) >= 11 is 6.32. The van der Waals surface area contributed by atoms with Gasteiger partial charge in [-0.2, -0.15) is 0 Å². The summed E-state index contributed by atoms with van der Waals surface area (Å²) < 4.78 is 13.3. The molecule has 114 valence electrons. The largest absolute Gasteiger partial charge is 0.378 e. The molecule has 2 atom stereocenters. The van der Waals surface area contributed by atoms with Crippen molar-refractivity contribution in [3.05, 3.63) is 23.7 Å². The van der Waals surface area contributed by atoms with Crippen molar-refractivity contribution >= 4 is 22.8 Å². The lowest BCUT2D eigenvalue weighted by atomic mass is 10.0. The maximum atomic E-state index is 6.32. The van der Waals surface area contributed by atoms with Crippen LogP contribution < -0.4 is 0 Å². The summed E-state index contributed by atoms with van der Waals surface area (Å²) in [6, 6.07) is 1.97. The molecule has 0 aromatic carbocycles. The van der Waals surface area contributed by atoms with Gasteiger partial charge in [0.1, 0.15) is 16.9 Å². The maximum absolute atomic E-state index is 6.32. The van der Waals surface area contributed by atoms with Gasteiger partial charge in [-0.05, 0) is 25.5 Å². The van der Waals surface area contributed by atoms with Crippen LogP contribution in [0.15, 0.2) is 12.3 Å². The molecule has 0 N–H and O–H groups in total. The number of hydrogen-bond donors (Lipinski definition) is 0. The van der Waals surface area contributed by atoms with E-state index in [1.807, 2.05) is 26.1 Å². The van der Waals surface area contributed by atoms with Crippen molar-refractivity contribution in [1.29, 1.82) is 0 Å². The topological polar surface area (TPSA) is 49.2 Å². The Balaban J connectivity index is 2.11. The number of hydrogen-bond acceptors (Lipinski definition) is 4. The third kappa shape index (κ3) is 2.54. The number of imidazole rings is 1. The van der Waals surface area contributed by atoms with Gasteiger partial charge in [0.25, 0.3) is 0 Å². The molecule has 1 aliphatic rings. The van der Waals surface area contributed by atoms with E-state index < -0.39 is 0 Å². The minimum atomic E-state index is -0.320. The highest BCUT2D eigenvalue weighted by Crippen LogP contribution is 2.30. The van der Waals surface area contributed by atoms with E-state index in [9.17, 15) is 0 Å². The second kappa shape index (κ2) is 5.55. The average Bonchev–Trinajstić information content (AvgIpc) is 3.06. The number of nitrogens with zero attached hydrogens (tertiary/aromatic N) is 3. The molecule has 5 nitrogen and oxygen atoms in total. The van der Waals surface area contributed by atoms with Gasteiger partial charge in [-0.1, -0.05) is 0 Å². The van der Waals surface area contributed by atoms with Crippen LogP contribution >= 0.6 is 11.6 Å². The molecule has 3 heterocycles. The number of halogens is 1. The van der Waals surface area contributed by atoms with Crippen molar-refractivity contribution in [1.82, 2.24) is 14.5 Å². The van der Waals surface area contributed by atoms with Crippen LogP contribution in [-0.4, -0.2) is 40.5 Å². The Hall–Kier alpha value is -1.17. The third-order valence-corrected chi connectivity index (χ3v) is 4.36. The normalized spacial score (nSPS) is 23.8. The monoisotopic (exact) mass is 309 g/mol. The second-order valence-electron chi connectivity index (χ2n) is 5.66. The summed E-state index contributed by atoms with van der Waals surface area (Å²) in [7, 11) is 1.73. The van der Waals surface area contributed by atoms with Gasteiger partial charge in [0.15, 0.2) is 5.65 Å². The zero-order valence-corrected chi connectivity index (χ0v) is 13.4. The number of aromatic nitrogens is 3. The number of fused-ring (bicyclic) bond motifs is 1. The number of ether oxygens (including phenoxy) is 2. The van der Waals surface area contributed by atoms with Crippen LogP contribution in [0.2, 0.25) is 0 Å². The van der Waals surface area contributed by atoms with Crippen LogP contribution in [0.3, 0.4) is 0 Å². The summed E-state index contributed by atoms with van der Waals surface area (Å²) in [5, 5.41) is -0.185. The number of aryl methyl sites for hydroxylation is 1. The molecule has 0 saturated carbocycles. The number of rotatable bonds is 4. The predicted octanol–water partition coefficient (Wildman–Crippen LogP) is 2.85. The molecular formula is C15H20ClN3O2. The van der Waals surface area contributed by atoms with Gasteiger partial charge in [-0.15, -0.1) is 11.6 Å². The van der Waals surface area contributed by atoms with Gasteiger partial charge < -0.3 is 14.0 Å². The van der Waals surface area contributed by atoms with Gasteiger partial charge in [-0.25, -0.2) is 9.97 Å². The van der Waals surface area contributed by atoms with Gasteiger partial charge in [0.05, 0.1) is 18.5 Å². The zero-order chi connectivity index (χ0) is 15.0. The smallest absolute Gasteiger partial charge is 0.160 e. The first-order valence-electron chi connectivity index (χ1n) is 7.15. The molecule has 0 amide bonds. The molecule has 1 fully saturated rings. The Labute approximate surface area is 129 Å². The van der Waals surface area contributed by atoms with E-state index in [4.69, 9.17) is 26.1 Å². The van der Waals surface area contributed by atoms with E-state index >= 15 is 0 Å². The minimum absolute atomic E-state index is 0.185. The summed E-state index contributed by atoms with van der Waals surface area (Å²) in [6.45, 7) is 5.93. The van der Waals surface area contributed by atoms with Crippen molar-refractivity contribution in [3.8, 4) is 0 Å². The van der Waals surface area contributed by atoms with Crippen molar-refractivity contribution in [2.75, 3.05) is 20.3 Å². The first kappa shape index (κ1) is 14.8. The maximum Gasteiger partial charge on any atom is 0.160 e. The molecule has 6 heteroatoms. The van der Waals surface area contributed by atoms with Crippen molar-refractivity contribution < 1.29 is 9.47 Å². The van der Waals surface area contributed by atoms with Crippen LogP contribution in [0.25, 0.3) is 11.2 Å². The van der Waals surface area contributed by atoms with Gasteiger partial charge in [0.2, 0.25) is 0 Å². The van der Waals surface area contributed by atoms with Crippen molar-refractivity contribution in [3.63, 3.8) is 0 Å². The molecule has 0 bridgehead atoms. The molecule has 21 heavy (non-hydrogen) atoms. The molecule has 2 aromatic rings. The highest BCUT2D eigenvalue weighted by molar-refractivity contribution is 6.20. The first-order chi connectivity index (χ1) is 10.1. The Kier molecular flexibility index (Phi) is 3.90. The summed E-state index contributed by atoms with van der Waals surface area (Å²) in [4.78, 5) is 9.19. The average molecular weight is 310 g/mol. The molecule has 0 spiro atoms. The molecule has 2 unspecified atom stereocenters. The predicted molar refractivity (Wildman–Crippen MR) is 81.7 cm³/mol. The SMILES string of the molecule is COC1(Cn2c(C(C)Cl)nc3c(C)ccnc32)CCOC1. The molecule has 0 aliphatic carbocycles. The lowest BCUT2D eigenvalue weighted by molar-refractivity contribution is -0.0293. The van der Waals surface area contributed by atoms with Gasteiger partial charge in [0, 0.05) is 26.3 Å². The van der Waals surface area contributed by atoms with E-state index in [-0.39, 0.29) is 11.0 Å². The van der Waals surface area contributed by atoms with E-state index in [0.29, 0.717) is 13.2 Å². The summed E-state index contributed by atoms with van der Waals surface area (Å²) in [5.74, 6) is 0.830. The van der Waals surface area contributed by atoms with Crippen LogP contribution in [0.1, 0.15) is 30.1 Å². The standard InChI is InChI=1S/C15H20ClN3O2/c1-10-4-6-17-14-12(10)18-13(11(2)16)19(14)8-15(20-3)5-7-21-9-15/h4,6,11H,5,7-9H2,1-3H3. The lowest BCUT2D eigenvalue weighted by Gasteiger charge is -2.27. The molecule has 1 aliphatic heterocycles. The zero-order valence-electron chi connectivity index (χ0n) is 12.6. The van der Waals surface area contributed by atoms with Gasteiger partial charge >= 0.3 is 0 Å². The fraction of sp³-hybridized carbons (Fsp3) is 0.600. The van der Waals surface area contributed by atoms with Crippen LogP contribution in [0, 0.1) is 6.92 Å². The van der Waals surface area contributed by atoms with E-state index in [2.05, 4.69) is 9.55 Å². The van der Waals surface area contributed by atoms with Crippen LogP contribution in [0.4, 0.5) is 0 Å². The molecule has 2 aromatic heterocycles. The van der Waals surface area contributed by atoms with Crippen LogP contribution in [0.5, 0.6) is 0 Å². The Morgan fingerprint density at radius 3 is 3.00 bits per heavy atom. The van der Waals surface area contributed by atoms with E-state index in [1.165, 1.54) is 0 Å². The fourth-order valence-electron chi connectivity index (χ4n) is 2.84. The number of alkyl halides is 1. The Morgan fingerprint density at radius 2 is 2.38 bits per heavy atom. The van der Waals surface area contributed by atoms with Crippen LogP contribution in [-0.2, 0) is 16.0 Å². The summed E-state index contributed by atoms with van der Waals surface area (Å²) in [5.41, 5.74) is 2.55.